The van der Waals surface area contributed by atoms with Gasteiger partial charge in [-0.3, -0.25) is 0 Å². The normalized spacial score (nSPS) is 12.7. The van der Waals surface area contributed by atoms with Gasteiger partial charge in [-0.05, 0) is 129 Å². The predicted molar refractivity (Wildman–Crippen MR) is 309 cm³/mol. The summed E-state index contributed by atoms with van der Waals surface area (Å²) < 4.78 is 13.7. The summed E-state index contributed by atoms with van der Waals surface area (Å²) in [5.74, 6) is 1.63. The number of furan rings is 1. The third kappa shape index (κ3) is 6.70. The van der Waals surface area contributed by atoms with Crippen LogP contribution in [-0.2, 0) is 5.41 Å². The standard InChI is InChI=1S/C71H46N2O2/c1-5-20-49(21-6-1)71(50-22-7-2-8-23-50)64-33-15-13-28-58(64)59-41-39-55(45-65(59)71)73(53-37-35-47(36-38-53)57-30-18-32-62-60-29-14-16-34-66(60)75-70(57)62)56-43-48-19-17-31-61-63-44-54(40-42-67(63)74-68(46-56)69(48)61)72(51-24-9-3-10-25-51)52-26-11-4-12-27-52/h1-46H. The number of benzene rings is 12. The van der Waals surface area contributed by atoms with Gasteiger partial charge in [0, 0.05) is 61.8 Å². The van der Waals surface area contributed by atoms with Gasteiger partial charge < -0.3 is 19.0 Å². The van der Waals surface area contributed by atoms with Crippen LogP contribution in [0, 0.1) is 0 Å². The quantitative estimate of drug-likeness (QED) is 0.144. The molecule has 1 aromatic heterocycles. The molecule has 0 amide bonds. The Bertz CT molecular complexity index is 4240. The highest BCUT2D eigenvalue weighted by Gasteiger charge is 2.46. The van der Waals surface area contributed by atoms with E-state index in [9.17, 15) is 0 Å². The first kappa shape index (κ1) is 42.8. The molecule has 1 aliphatic carbocycles. The molecule has 0 atom stereocenters. The van der Waals surface area contributed by atoms with Crippen LogP contribution in [0.1, 0.15) is 22.3 Å². The molecular weight excluding hydrogens is 913 g/mol. The lowest BCUT2D eigenvalue weighted by Crippen LogP contribution is -2.28. The number of nitrogens with zero attached hydrogens (tertiary/aromatic N) is 2. The summed E-state index contributed by atoms with van der Waals surface area (Å²) in [5.41, 5.74) is 19.2. The zero-order chi connectivity index (χ0) is 49.5. The molecule has 0 bridgehead atoms. The fraction of sp³-hybridized carbons (Fsp3) is 0.0141. The summed E-state index contributed by atoms with van der Waals surface area (Å²) in [6.07, 6.45) is 0. The highest BCUT2D eigenvalue weighted by Crippen LogP contribution is 2.58. The minimum absolute atomic E-state index is 0.572. The molecule has 1 aliphatic heterocycles. The molecule has 4 nitrogen and oxygen atoms in total. The Morgan fingerprint density at radius 3 is 1.60 bits per heavy atom. The zero-order valence-corrected chi connectivity index (χ0v) is 40.8. The molecule has 2 aliphatic rings. The molecule has 13 aromatic rings. The number of fused-ring (bicyclic) bond motifs is 8. The van der Waals surface area contributed by atoms with E-state index in [-0.39, 0.29) is 0 Å². The number of para-hydroxylation sites is 4. The Labute approximate surface area is 435 Å². The number of hydrogen-bond acceptors (Lipinski definition) is 4. The van der Waals surface area contributed by atoms with Crippen molar-refractivity contribution >= 4 is 66.8 Å². The van der Waals surface area contributed by atoms with Gasteiger partial charge >= 0.3 is 0 Å². The van der Waals surface area contributed by atoms with Gasteiger partial charge in [0.25, 0.3) is 0 Å². The van der Waals surface area contributed by atoms with Crippen LogP contribution in [0.3, 0.4) is 0 Å². The fourth-order valence-electron chi connectivity index (χ4n) is 12.3. The van der Waals surface area contributed by atoms with E-state index in [0.717, 1.165) is 101 Å². The summed E-state index contributed by atoms with van der Waals surface area (Å²) in [5, 5.41) is 4.41. The second-order valence-electron chi connectivity index (χ2n) is 19.6. The molecule has 352 valence electrons. The molecular formula is C71H46N2O2. The van der Waals surface area contributed by atoms with Crippen LogP contribution >= 0.6 is 0 Å². The molecule has 0 saturated heterocycles. The molecule has 15 rings (SSSR count). The minimum Gasteiger partial charge on any atom is -0.456 e. The van der Waals surface area contributed by atoms with Crippen LogP contribution < -0.4 is 14.5 Å². The summed E-state index contributed by atoms with van der Waals surface area (Å²) in [6.45, 7) is 0. The van der Waals surface area contributed by atoms with Gasteiger partial charge in [0.1, 0.15) is 22.7 Å². The molecule has 75 heavy (non-hydrogen) atoms. The third-order valence-corrected chi connectivity index (χ3v) is 15.5. The first-order valence-corrected chi connectivity index (χ1v) is 25.6. The van der Waals surface area contributed by atoms with Crippen molar-refractivity contribution in [2.45, 2.75) is 5.41 Å². The smallest absolute Gasteiger partial charge is 0.143 e. The largest absolute Gasteiger partial charge is 0.456 e. The summed E-state index contributed by atoms with van der Waals surface area (Å²) >= 11 is 0. The minimum atomic E-state index is -0.572. The average Bonchev–Trinajstić information content (AvgIpc) is 4.13. The number of anilines is 6. The zero-order valence-electron chi connectivity index (χ0n) is 40.8. The highest BCUT2D eigenvalue weighted by atomic mass is 16.5. The maximum absolute atomic E-state index is 7.11. The monoisotopic (exact) mass is 958 g/mol. The number of rotatable bonds is 9. The second-order valence-corrected chi connectivity index (χ2v) is 19.6. The summed E-state index contributed by atoms with van der Waals surface area (Å²) in [6, 6.07) is 101. The fourth-order valence-corrected chi connectivity index (χ4v) is 12.3. The van der Waals surface area contributed by atoms with Gasteiger partial charge in [0.2, 0.25) is 0 Å². The predicted octanol–water partition coefficient (Wildman–Crippen LogP) is 19.5. The molecule has 2 heterocycles. The van der Waals surface area contributed by atoms with Gasteiger partial charge in [-0.1, -0.05) is 194 Å². The van der Waals surface area contributed by atoms with Crippen molar-refractivity contribution in [1.29, 1.82) is 0 Å². The molecule has 0 saturated carbocycles. The number of hydrogen-bond donors (Lipinski definition) is 0. The lowest BCUT2D eigenvalue weighted by atomic mass is 9.67. The van der Waals surface area contributed by atoms with E-state index < -0.39 is 5.41 Å². The van der Waals surface area contributed by atoms with Crippen LogP contribution in [0.15, 0.2) is 283 Å². The van der Waals surface area contributed by atoms with Gasteiger partial charge in [-0.25, -0.2) is 0 Å². The average molecular weight is 959 g/mol. The molecule has 0 radical (unpaired) electrons. The molecule has 0 spiro atoms. The first-order valence-electron chi connectivity index (χ1n) is 25.6. The van der Waals surface area contributed by atoms with Crippen LogP contribution in [-0.4, -0.2) is 0 Å². The van der Waals surface area contributed by atoms with E-state index in [2.05, 4.69) is 277 Å². The number of ether oxygens (including phenoxy) is 1. The molecule has 0 unspecified atom stereocenters. The van der Waals surface area contributed by atoms with Gasteiger partial charge in [0.15, 0.2) is 0 Å². The Morgan fingerprint density at radius 2 is 0.853 bits per heavy atom. The van der Waals surface area contributed by atoms with Crippen molar-refractivity contribution in [2.75, 3.05) is 9.80 Å². The molecule has 4 heteroatoms. The highest BCUT2D eigenvalue weighted by molar-refractivity contribution is 6.10. The first-order chi connectivity index (χ1) is 37.2. The maximum Gasteiger partial charge on any atom is 0.143 e. The maximum atomic E-state index is 7.11. The topological polar surface area (TPSA) is 28.9 Å². The van der Waals surface area contributed by atoms with E-state index in [1.54, 1.807) is 0 Å². The summed E-state index contributed by atoms with van der Waals surface area (Å²) in [7, 11) is 0. The van der Waals surface area contributed by atoms with E-state index in [4.69, 9.17) is 9.15 Å². The Balaban J connectivity index is 0.919. The lowest BCUT2D eigenvalue weighted by Gasteiger charge is -2.35. The van der Waals surface area contributed by atoms with Gasteiger partial charge in [-0.2, -0.15) is 0 Å². The van der Waals surface area contributed by atoms with Crippen LogP contribution in [0.25, 0.3) is 66.1 Å². The Hall–Kier alpha value is -9.90. The Kier molecular flexibility index (Phi) is 9.76. The van der Waals surface area contributed by atoms with Crippen LogP contribution in [0.5, 0.6) is 11.5 Å². The SMILES string of the molecule is c1ccc(N(c2ccccc2)c2ccc3c(c2)-c2cccc4cc(N(c5ccc(-c6cccc7c6oc6ccccc67)cc5)c5ccc6c(c5)C(c5ccccc5)(c5ccccc5)c5ccccc5-6)cc(c24)O3)cc1. The Morgan fingerprint density at radius 1 is 0.307 bits per heavy atom. The van der Waals surface area contributed by atoms with Crippen molar-refractivity contribution < 1.29 is 9.15 Å². The van der Waals surface area contributed by atoms with E-state index in [1.165, 1.54) is 33.4 Å². The van der Waals surface area contributed by atoms with Gasteiger partial charge in [0.05, 0.1) is 11.1 Å². The third-order valence-electron chi connectivity index (χ3n) is 15.5. The van der Waals surface area contributed by atoms with Crippen LogP contribution in [0.2, 0.25) is 0 Å². The van der Waals surface area contributed by atoms with Crippen molar-refractivity contribution in [3.05, 3.63) is 301 Å². The van der Waals surface area contributed by atoms with Crippen molar-refractivity contribution in [1.82, 2.24) is 0 Å². The molecule has 0 fully saturated rings. The second kappa shape index (κ2) is 17.1. The lowest BCUT2D eigenvalue weighted by molar-refractivity contribution is 0.487. The van der Waals surface area contributed by atoms with E-state index in [0.29, 0.717) is 0 Å². The van der Waals surface area contributed by atoms with Crippen molar-refractivity contribution in [2.24, 2.45) is 0 Å². The molecule has 0 N–H and O–H groups in total. The van der Waals surface area contributed by atoms with Gasteiger partial charge in [-0.15, -0.1) is 0 Å². The van der Waals surface area contributed by atoms with E-state index >= 15 is 0 Å². The molecule has 12 aromatic carbocycles. The summed E-state index contributed by atoms with van der Waals surface area (Å²) in [4.78, 5) is 4.70. The van der Waals surface area contributed by atoms with Crippen molar-refractivity contribution in [3.8, 4) is 44.9 Å². The van der Waals surface area contributed by atoms with Crippen molar-refractivity contribution in [3.63, 3.8) is 0 Å². The van der Waals surface area contributed by atoms with E-state index in [1.807, 2.05) is 12.1 Å². The van der Waals surface area contributed by atoms with Crippen LogP contribution in [0.4, 0.5) is 34.1 Å².